The number of hydrogen-bond acceptors (Lipinski definition) is 6. The number of aromatic amines is 1. The summed E-state index contributed by atoms with van der Waals surface area (Å²) < 4.78 is 20.8. The number of halogens is 1. The molecule has 0 radical (unpaired) electrons. The van der Waals surface area contributed by atoms with Crippen molar-refractivity contribution in [3.8, 4) is 17.1 Å². The zero-order chi connectivity index (χ0) is 22.1. The van der Waals surface area contributed by atoms with Gasteiger partial charge in [0.2, 0.25) is 0 Å². The lowest BCUT2D eigenvalue weighted by Crippen LogP contribution is -2.16. The van der Waals surface area contributed by atoms with Crippen LogP contribution in [0.25, 0.3) is 11.4 Å². The van der Waals surface area contributed by atoms with Crippen molar-refractivity contribution < 1.29 is 9.13 Å². The van der Waals surface area contributed by atoms with E-state index in [9.17, 15) is 9.18 Å². The highest BCUT2D eigenvalue weighted by atomic mass is 19.1. The van der Waals surface area contributed by atoms with Crippen LogP contribution < -0.4 is 10.3 Å². The molecular formula is C23H21FN6O2. The molecule has 0 atom stereocenters. The quantitative estimate of drug-likeness (QED) is 0.482. The minimum atomic E-state index is -0.448. The predicted molar refractivity (Wildman–Crippen MR) is 115 cm³/mol. The molecule has 0 unspecified atom stereocenters. The lowest BCUT2D eigenvalue weighted by molar-refractivity contribution is 0.386. The SMILES string of the molecule is COc1ccc(Cc2nc(-c3cnc(C4CC4)[nH]c3=O)n(Cc3cccnc3)n2)cc1F. The Morgan fingerprint density at radius 3 is 2.78 bits per heavy atom. The van der Waals surface area contributed by atoms with Gasteiger partial charge in [0.25, 0.3) is 5.56 Å². The summed E-state index contributed by atoms with van der Waals surface area (Å²) in [5.74, 6) is 1.67. The predicted octanol–water partition coefficient (Wildman–Crippen LogP) is 3.09. The number of ether oxygens (including phenoxy) is 1. The molecule has 0 bridgehead atoms. The first-order valence-corrected chi connectivity index (χ1v) is 10.4. The largest absolute Gasteiger partial charge is 0.494 e. The van der Waals surface area contributed by atoms with E-state index in [4.69, 9.17) is 4.74 Å². The Hall–Kier alpha value is -3.88. The van der Waals surface area contributed by atoms with Crippen LogP contribution in [0.3, 0.4) is 0 Å². The standard InChI is InChI=1S/C23H21FN6O2/c1-32-19-7-4-14(9-18(19)24)10-20-27-22(30(29-20)13-15-3-2-8-25-11-15)17-12-26-21(16-5-6-16)28-23(17)31/h2-4,7-9,11-12,16H,5-6,10,13H2,1H3,(H,26,28,31). The second kappa shape index (κ2) is 8.33. The molecule has 3 heterocycles. The summed E-state index contributed by atoms with van der Waals surface area (Å²) in [7, 11) is 1.42. The third-order valence-electron chi connectivity index (χ3n) is 5.37. The Kier molecular flexibility index (Phi) is 5.22. The molecule has 4 aromatic rings. The number of pyridine rings is 1. The Bertz CT molecular complexity index is 1310. The van der Waals surface area contributed by atoms with Crippen LogP contribution in [0, 0.1) is 5.82 Å². The fourth-order valence-electron chi connectivity index (χ4n) is 3.57. The van der Waals surface area contributed by atoms with Crippen LogP contribution in [0.1, 0.15) is 41.5 Å². The van der Waals surface area contributed by atoms with Gasteiger partial charge in [-0.15, -0.1) is 0 Å². The Balaban J connectivity index is 1.51. The van der Waals surface area contributed by atoms with Crippen LogP contribution in [0.15, 0.2) is 53.7 Å². The number of rotatable bonds is 7. The molecule has 3 aromatic heterocycles. The lowest BCUT2D eigenvalue weighted by atomic mass is 10.1. The normalized spacial score (nSPS) is 13.3. The van der Waals surface area contributed by atoms with E-state index in [1.807, 2.05) is 12.1 Å². The summed E-state index contributed by atoms with van der Waals surface area (Å²) in [6.07, 6.45) is 7.39. The van der Waals surface area contributed by atoms with E-state index in [1.165, 1.54) is 13.2 Å². The van der Waals surface area contributed by atoms with Gasteiger partial charge in [0.15, 0.2) is 23.2 Å². The van der Waals surface area contributed by atoms with Crippen molar-refractivity contribution in [2.45, 2.75) is 31.7 Å². The minimum Gasteiger partial charge on any atom is -0.494 e. The highest BCUT2D eigenvalue weighted by Gasteiger charge is 2.27. The first kappa shape index (κ1) is 20.0. The second-order valence-electron chi connectivity index (χ2n) is 7.80. The maximum atomic E-state index is 14.1. The Morgan fingerprint density at radius 2 is 2.09 bits per heavy atom. The van der Waals surface area contributed by atoms with E-state index in [1.54, 1.807) is 35.4 Å². The van der Waals surface area contributed by atoms with Gasteiger partial charge in [-0.05, 0) is 42.2 Å². The second-order valence-corrected chi connectivity index (χ2v) is 7.80. The first-order valence-electron chi connectivity index (χ1n) is 10.4. The molecule has 1 fully saturated rings. The highest BCUT2D eigenvalue weighted by molar-refractivity contribution is 5.52. The molecule has 32 heavy (non-hydrogen) atoms. The molecular weight excluding hydrogens is 411 g/mol. The smallest absolute Gasteiger partial charge is 0.261 e. The molecule has 162 valence electrons. The summed E-state index contributed by atoms with van der Waals surface area (Å²) in [6.45, 7) is 0.386. The van der Waals surface area contributed by atoms with Crippen molar-refractivity contribution >= 4 is 0 Å². The molecule has 9 heteroatoms. The van der Waals surface area contributed by atoms with Crippen LogP contribution >= 0.6 is 0 Å². The van der Waals surface area contributed by atoms with E-state index in [0.717, 1.165) is 18.4 Å². The Labute approximate surface area is 183 Å². The van der Waals surface area contributed by atoms with Gasteiger partial charge in [-0.3, -0.25) is 9.78 Å². The molecule has 0 saturated heterocycles. The summed E-state index contributed by atoms with van der Waals surface area (Å²) in [5.41, 5.74) is 1.71. The molecule has 1 aliphatic rings. The number of hydrogen-bond donors (Lipinski definition) is 1. The van der Waals surface area contributed by atoms with Gasteiger partial charge in [-0.1, -0.05) is 12.1 Å². The molecule has 1 N–H and O–H groups in total. The molecule has 0 aliphatic heterocycles. The molecule has 1 saturated carbocycles. The monoisotopic (exact) mass is 432 g/mol. The molecule has 0 spiro atoms. The van der Waals surface area contributed by atoms with Gasteiger partial charge < -0.3 is 9.72 Å². The summed E-state index contributed by atoms with van der Waals surface area (Å²) >= 11 is 0. The van der Waals surface area contributed by atoms with Crippen LogP contribution in [0.2, 0.25) is 0 Å². The third kappa shape index (κ3) is 4.14. The molecule has 1 aromatic carbocycles. The van der Waals surface area contributed by atoms with Gasteiger partial charge in [0.1, 0.15) is 11.4 Å². The van der Waals surface area contributed by atoms with Gasteiger partial charge in [-0.25, -0.2) is 19.0 Å². The number of H-pyrrole nitrogens is 1. The number of methoxy groups -OCH3 is 1. The van der Waals surface area contributed by atoms with Crippen molar-refractivity contribution in [2.24, 2.45) is 0 Å². The zero-order valence-corrected chi connectivity index (χ0v) is 17.5. The minimum absolute atomic E-state index is 0.179. The van der Waals surface area contributed by atoms with Crippen LogP contribution in [0.4, 0.5) is 4.39 Å². The van der Waals surface area contributed by atoms with Gasteiger partial charge in [0.05, 0.1) is 13.7 Å². The third-order valence-corrected chi connectivity index (χ3v) is 5.37. The zero-order valence-electron chi connectivity index (χ0n) is 17.5. The van der Waals surface area contributed by atoms with Crippen molar-refractivity contribution in [3.05, 3.63) is 87.9 Å². The fraction of sp³-hybridized carbons (Fsp3) is 0.261. The highest BCUT2D eigenvalue weighted by Crippen LogP contribution is 2.37. The Morgan fingerprint density at radius 1 is 1.22 bits per heavy atom. The van der Waals surface area contributed by atoms with Crippen LogP contribution in [-0.4, -0.2) is 36.8 Å². The van der Waals surface area contributed by atoms with E-state index in [0.29, 0.717) is 47.5 Å². The molecule has 1 aliphatic carbocycles. The summed E-state index contributed by atoms with van der Waals surface area (Å²) in [4.78, 5) is 28.9. The summed E-state index contributed by atoms with van der Waals surface area (Å²) in [5, 5.41) is 4.60. The molecule has 5 rings (SSSR count). The first-order chi connectivity index (χ1) is 15.6. The number of nitrogens with one attached hydrogen (secondary N) is 1. The van der Waals surface area contributed by atoms with Crippen molar-refractivity contribution in [2.75, 3.05) is 7.11 Å². The topological polar surface area (TPSA) is 98.6 Å². The fourth-order valence-corrected chi connectivity index (χ4v) is 3.57. The number of benzene rings is 1. The van der Waals surface area contributed by atoms with E-state index in [2.05, 4.69) is 25.0 Å². The van der Waals surface area contributed by atoms with Gasteiger partial charge >= 0.3 is 0 Å². The van der Waals surface area contributed by atoms with Crippen LogP contribution in [-0.2, 0) is 13.0 Å². The summed E-state index contributed by atoms with van der Waals surface area (Å²) in [6, 6.07) is 8.51. The van der Waals surface area contributed by atoms with Gasteiger partial charge in [-0.2, -0.15) is 5.10 Å². The lowest BCUT2D eigenvalue weighted by Gasteiger charge is -2.06. The van der Waals surface area contributed by atoms with Crippen molar-refractivity contribution in [1.29, 1.82) is 0 Å². The average Bonchev–Trinajstić information content (AvgIpc) is 3.57. The van der Waals surface area contributed by atoms with E-state index in [-0.39, 0.29) is 11.3 Å². The van der Waals surface area contributed by atoms with E-state index >= 15 is 0 Å². The number of aromatic nitrogens is 6. The number of nitrogens with zero attached hydrogens (tertiary/aromatic N) is 5. The maximum absolute atomic E-state index is 14.1. The van der Waals surface area contributed by atoms with E-state index < -0.39 is 5.82 Å². The average molecular weight is 432 g/mol. The van der Waals surface area contributed by atoms with Gasteiger partial charge in [0, 0.05) is 30.9 Å². The van der Waals surface area contributed by atoms with Crippen LogP contribution in [0.5, 0.6) is 5.75 Å². The molecule has 8 nitrogen and oxygen atoms in total. The molecule has 0 amide bonds. The maximum Gasteiger partial charge on any atom is 0.261 e. The van der Waals surface area contributed by atoms with Crippen molar-refractivity contribution in [1.82, 2.24) is 29.7 Å². The van der Waals surface area contributed by atoms with Crippen molar-refractivity contribution in [3.63, 3.8) is 0 Å².